The molecule has 160 valence electrons. The summed E-state index contributed by atoms with van der Waals surface area (Å²) >= 11 is 0. The number of aryl methyl sites for hydroxylation is 1. The Labute approximate surface area is 181 Å². The summed E-state index contributed by atoms with van der Waals surface area (Å²) in [4.78, 5) is 11.2. The van der Waals surface area contributed by atoms with E-state index in [1.807, 2.05) is 13.0 Å². The first-order valence-corrected chi connectivity index (χ1v) is 11.1. The molecular formula is C24H23NO5S. The quantitative estimate of drug-likeness (QED) is 0.469. The Kier molecular flexibility index (Phi) is 6.77. The highest BCUT2D eigenvalue weighted by Gasteiger charge is 2.20. The fraction of sp³-hybridized carbons (Fsp3) is 0.125. The molecule has 3 aromatic rings. The Morgan fingerprint density at radius 2 is 1.81 bits per heavy atom. The van der Waals surface area contributed by atoms with E-state index in [0.29, 0.717) is 23.4 Å². The van der Waals surface area contributed by atoms with Crippen molar-refractivity contribution >= 4 is 21.7 Å². The third kappa shape index (κ3) is 5.52. The molecule has 0 spiro atoms. The van der Waals surface area contributed by atoms with Gasteiger partial charge in [0, 0.05) is 0 Å². The van der Waals surface area contributed by atoms with Gasteiger partial charge in [0.05, 0.1) is 16.1 Å². The number of benzene rings is 3. The number of hydrogen-bond acceptors (Lipinski definition) is 4. The minimum atomic E-state index is -3.85. The highest BCUT2D eigenvalue weighted by Crippen LogP contribution is 2.30. The number of sulfonamides is 1. The molecule has 0 saturated carbocycles. The molecule has 0 fully saturated rings. The van der Waals surface area contributed by atoms with Gasteiger partial charge in [0.1, 0.15) is 12.4 Å². The van der Waals surface area contributed by atoms with Crippen molar-refractivity contribution in [1.29, 1.82) is 0 Å². The van der Waals surface area contributed by atoms with Gasteiger partial charge in [0.15, 0.2) is 0 Å². The second kappa shape index (κ2) is 9.49. The number of hydrogen-bond donors (Lipinski definition) is 2. The number of ether oxygens (including phenoxy) is 1. The van der Waals surface area contributed by atoms with Gasteiger partial charge in [-0.1, -0.05) is 42.5 Å². The van der Waals surface area contributed by atoms with E-state index < -0.39 is 16.0 Å². The maximum atomic E-state index is 13.1. The molecule has 6 nitrogen and oxygen atoms in total. The summed E-state index contributed by atoms with van der Waals surface area (Å²) in [7, 11) is -3.85. The van der Waals surface area contributed by atoms with E-state index in [4.69, 9.17) is 9.84 Å². The van der Waals surface area contributed by atoms with Crippen LogP contribution in [0.3, 0.4) is 0 Å². The zero-order valence-corrected chi connectivity index (χ0v) is 17.9. The Hall–Kier alpha value is -3.58. The summed E-state index contributed by atoms with van der Waals surface area (Å²) in [6, 6.07) is 18.3. The lowest BCUT2D eigenvalue weighted by Crippen LogP contribution is -2.16. The maximum absolute atomic E-state index is 13.1. The number of anilines is 1. The van der Waals surface area contributed by atoms with Gasteiger partial charge in [-0.05, 0) is 60.4 Å². The molecule has 0 amide bonds. The van der Waals surface area contributed by atoms with E-state index in [1.165, 1.54) is 12.1 Å². The topological polar surface area (TPSA) is 92.7 Å². The Balaban J connectivity index is 1.84. The molecule has 0 aliphatic heterocycles. The van der Waals surface area contributed by atoms with Crippen molar-refractivity contribution in [1.82, 2.24) is 0 Å². The van der Waals surface area contributed by atoms with E-state index in [9.17, 15) is 13.2 Å². The fourth-order valence-corrected chi connectivity index (χ4v) is 4.36. The van der Waals surface area contributed by atoms with E-state index >= 15 is 0 Å². The van der Waals surface area contributed by atoms with Crippen LogP contribution in [0.5, 0.6) is 5.75 Å². The van der Waals surface area contributed by atoms with Crippen LogP contribution in [-0.2, 0) is 23.1 Å². The molecule has 0 atom stereocenters. The monoisotopic (exact) mass is 437 g/mol. The minimum absolute atomic E-state index is 0.157. The van der Waals surface area contributed by atoms with Crippen LogP contribution in [0.4, 0.5) is 5.69 Å². The zero-order valence-electron chi connectivity index (χ0n) is 17.0. The standard InChI is InChI=1S/C24H23NO5S/c1-3-6-19-7-4-5-8-23(19)31(28,29)25-21-15-17(2)9-14-22(21)30-16-18-10-12-20(13-11-18)24(26)27/h3-5,7-15,25H,1,6,16H2,2H3,(H,26,27). The Morgan fingerprint density at radius 1 is 1.10 bits per heavy atom. The largest absolute Gasteiger partial charge is 0.487 e. The van der Waals surface area contributed by atoms with Crippen molar-refractivity contribution in [2.45, 2.75) is 24.8 Å². The molecule has 0 unspecified atom stereocenters. The maximum Gasteiger partial charge on any atom is 0.335 e. The lowest BCUT2D eigenvalue weighted by atomic mass is 10.1. The highest BCUT2D eigenvalue weighted by molar-refractivity contribution is 7.92. The summed E-state index contributed by atoms with van der Waals surface area (Å²) < 4.78 is 34.6. The van der Waals surface area contributed by atoms with Gasteiger partial charge in [0.2, 0.25) is 0 Å². The van der Waals surface area contributed by atoms with E-state index in [1.54, 1.807) is 54.6 Å². The van der Waals surface area contributed by atoms with Crippen molar-refractivity contribution in [2.75, 3.05) is 4.72 Å². The van der Waals surface area contributed by atoms with Gasteiger partial charge < -0.3 is 9.84 Å². The number of carbonyl (C=O) groups is 1. The van der Waals surface area contributed by atoms with Crippen molar-refractivity contribution in [3.05, 3.63) is 102 Å². The van der Waals surface area contributed by atoms with Crippen molar-refractivity contribution in [3.63, 3.8) is 0 Å². The van der Waals surface area contributed by atoms with E-state index in [0.717, 1.165) is 11.1 Å². The predicted octanol–water partition coefficient (Wildman–Crippen LogP) is 4.80. The summed E-state index contributed by atoms with van der Waals surface area (Å²) in [6.07, 6.45) is 2.09. The normalized spacial score (nSPS) is 11.0. The van der Waals surface area contributed by atoms with Gasteiger partial charge in [-0.15, -0.1) is 6.58 Å². The van der Waals surface area contributed by atoms with Crippen molar-refractivity contribution in [3.8, 4) is 5.75 Å². The Morgan fingerprint density at radius 3 is 2.48 bits per heavy atom. The number of carboxylic acid groups (broad SMARTS) is 1. The average molecular weight is 438 g/mol. The number of carboxylic acids is 1. The number of nitrogens with one attached hydrogen (secondary N) is 1. The molecule has 7 heteroatoms. The van der Waals surface area contributed by atoms with Gasteiger partial charge in [-0.2, -0.15) is 0 Å². The van der Waals surface area contributed by atoms with Crippen molar-refractivity contribution in [2.24, 2.45) is 0 Å². The molecular weight excluding hydrogens is 414 g/mol. The molecule has 31 heavy (non-hydrogen) atoms. The molecule has 0 aromatic heterocycles. The molecule has 3 rings (SSSR count). The van der Waals surface area contributed by atoms with Crippen LogP contribution < -0.4 is 9.46 Å². The minimum Gasteiger partial charge on any atom is -0.487 e. The first-order chi connectivity index (χ1) is 14.8. The molecule has 0 heterocycles. The highest BCUT2D eigenvalue weighted by atomic mass is 32.2. The molecule has 0 radical (unpaired) electrons. The average Bonchev–Trinajstić information content (AvgIpc) is 2.74. The molecule has 2 N–H and O–H groups in total. The number of rotatable bonds is 9. The second-order valence-corrected chi connectivity index (χ2v) is 8.65. The van der Waals surface area contributed by atoms with Crippen LogP contribution in [-0.4, -0.2) is 19.5 Å². The predicted molar refractivity (Wildman–Crippen MR) is 120 cm³/mol. The fourth-order valence-electron chi connectivity index (χ4n) is 3.04. The number of aromatic carboxylic acids is 1. The van der Waals surface area contributed by atoms with Gasteiger partial charge in [0.25, 0.3) is 10.0 Å². The van der Waals surface area contributed by atoms with Gasteiger partial charge >= 0.3 is 5.97 Å². The lowest BCUT2D eigenvalue weighted by Gasteiger charge is -2.16. The smallest absolute Gasteiger partial charge is 0.335 e. The second-order valence-electron chi connectivity index (χ2n) is 7.00. The summed E-state index contributed by atoms with van der Waals surface area (Å²) in [5.41, 5.74) is 2.80. The Bertz CT molecular complexity index is 1200. The van der Waals surface area contributed by atoms with Crippen LogP contribution in [0.1, 0.15) is 27.0 Å². The number of allylic oxidation sites excluding steroid dienone is 1. The molecule has 0 bridgehead atoms. The van der Waals surface area contributed by atoms with Gasteiger partial charge in [-0.3, -0.25) is 4.72 Å². The molecule has 0 saturated heterocycles. The van der Waals surface area contributed by atoms with E-state index in [2.05, 4.69) is 11.3 Å². The zero-order chi connectivity index (χ0) is 22.4. The van der Waals surface area contributed by atoms with E-state index in [-0.39, 0.29) is 17.1 Å². The molecule has 0 aliphatic carbocycles. The lowest BCUT2D eigenvalue weighted by molar-refractivity contribution is 0.0697. The van der Waals surface area contributed by atoms with Crippen LogP contribution in [0.25, 0.3) is 0 Å². The van der Waals surface area contributed by atoms with Crippen LogP contribution in [0.2, 0.25) is 0 Å². The first kappa shape index (κ1) is 22.1. The summed E-state index contributed by atoms with van der Waals surface area (Å²) in [6.45, 7) is 5.71. The van der Waals surface area contributed by atoms with Crippen LogP contribution in [0.15, 0.2) is 84.3 Å². The van der Waals surface area contributed by atoms with Crippen LogP contribution >= 0.6 is 0 Å². The van der Waals surface area contributed by atoms with Crippen molar-refractivity contribution < 1.29 is 23.1 Å². The van der Waals surface area contributed by atoms with Gasteiger partial charge in [-0.25, -0.2) is 13.2 Å². The summed E-state index contributed by atoms with van der Waals surface area (Å²) in [5.74, 6) is -0.628. The third-order valence-electron chi connectivity index (χ3n) is 4.60. The summed E-state index contributed by atoms with van der Waals surface area (Å²) in [5, 5.41) is 9.00. The molecule has 0 aliphatic rings. The SMILES string of the molecule is C=CCc1ccccc1S(=O)(=O)Nc1cc(C)ccc1OCc1ccc(C(=O)O)cc1. The third-order valence-corrected chi connectivity index (χ3v) is 6.07. The molecule has 3 aromatic carbocycles. The first-order valence-electron chi connectivity index (χ1n) is 9.57. The van der Waals surface area contributed by atoms with Crippen LogP contribution in [0, 0.1) is 6.92 Å².